The third kappa shape index (κ3) is 3.57. The number of hydrogen-bond acceptors (Lipinski definition) is 6. The van der Waals surface area contributed by atoms with Gasteiger partial charge in [0.25, 0.3) is 5.95 Å². The number of anilines is 1. The maximum atomic E-state index is 5.54. The molecule has 20 heavy (non-hydrogen) atoms. The summed E-state index contributed by atoms with van der Waals surface area (Å²) in [6.45, 7) is 0.185. The van der Waals surface area contributed by atoms with E-state index in [0.29, 0.717) is 5.75 Å². The molecule has 2 rings (SSSR count). The van der Waals surface area contributed by atoms with Gasteiger partial charge in [-0.25, -0.2) is 0 Å². The minimum Gasteiger partial charge on any atom is -0.479 e. The van der Waals surface area contributed by atoms with Crippen LogP contribution in [0, 0.1) is 19.5 Å². The number of halogens is 2. The van der Waals surface area contributed by atoms with E-state index in [4.69, 9.17) is 16.9 Å². The fourth-order valence-corrected chi connectivity index (χ4v) is 3.38. The number of terminal acetylenes is 1. The van der Waals surface area contributed by atoms with Gasteiger partial charge in [-0.05, 0) is 67.7 Å². The number of aromatic nitrogens is 4. The SMILES string of the molecule is C#CCOc1c(I)cc(I)cc1/C=N/n1nnnc1N. The second-order valence-corrected chi connectivity index (χ2v) is 5.88. The van der Waals surface area contributed by atoms with Gasteiger partial charge in [0.15, 0.2) is 0 Å². The van der Waals surface area contributed by atoms with Crippen molar-refractivity contribution >= 4 is 57.3 Å². The first kappa shape index (κ1) is 15.0. The maximum absolute atomic E-state index is 5.54. The zero-order chi connectivity index (χ0) is 14.5. The number of hydrogen-bond donors (Lipinski definition) is 1. The highest BCUT2D eigenvalue weighted by Crippen LogP contribution is 2.27. The summed E-state index contributed by atoms with van der Waals surface area (Å²) in [5, 5.41) is 14.6. The molecule has 0 bridgehead atoms. The first-order valence-electron chi connectivity index (χ1n) is 5.25. The lowest BCUT2D eigenvalue weighted by atomic mass is 10.2. The molecule has 0 atom stereocenters. The molecule has 7 nitrogen and oxygen atoms in total. The molecule has 0 radical (unpaired) electrons. The highest BCUT2D eigenvalue weighted by atomic mass is 127. The Morgan fingerprint density at radius 3 is 2.95 bits per heavy atom. The Morgan fingerprint density at radius 2 is 2.30 bits per heavy atom. The molecule has 0 aliphatic rings. The van der Waals surface area contributed by atoms with Gasteiger partial charge in [-0.1, -0.05) is 15.8 Å². The molecule has 9 heteroatoms. The zero-order valence-electron chi connectivity index (χ0n) is 9.99. The minimum atomic E-state index is 0.104. The van der Waals surface area contributed by atoms with Crippen molar-refractivity contribution in [3.8, 4) is 18.1 Å². The predicted molar refractivity (Wildman–Crippen MR) is 91.4 cm³/mol. The third-order valence-electron chi connectivity index (χ3n) is 2.12. The lowest BCUT2D eigenvalue weighted by Gasteiger charge is -2.09. The Labute approximate surface area is 142 Å². The van der Waals surface area contributed by atoms with Crippen molar-refractivity contribution in [1.82, 2.24) is 20.3 Å². The van der Waals surface area contributed by atoms with Crippen molar-refractivity contribution in [1.29, 1.82) is 0 Å². The van der Waals surface area contributed by atoms with Crippen LogP contribution < -0.4 is 10.5 Å². The van der Waals surface area contributed by atoms with Crippen LogP contribution >= 0.6 is 45.2 Å². The van der Waals surface area contributed by atoms with Crippen molar-refractivity contribution in [2.75, 3.05) is 12.3 Å². The number of ether oxygens (including phenoxy) is 1. The van der Waals surface area contributed by atoms with Crippen LogP contribution in [0.2, 0.25) is 0 Å². The fraction of sp³-hybridized carbons (Fsp3) is 0.0909. The predicted octanol–water partition coefficient (Wildman–Crippen LogP) is 1.36. The van der Waals surface area contributed by atoms with Gasteiger partial charge in [-0.2, -0.15) is 5.10 Å². The minimum absolute atomic E-state index is 0.104. The second-order valence-electron chi connectivity index (χ2n) is 3.47. The highest BCUT2D eigenvalue weighted by molar-refractivity contribution is 14.1. The van der Waals surface area contributed by atoms with E-state index in [9.17, 15) is 0 Å². The molecular formula is C11H8I2N6O. The number of nitrogens with zero attached hydrogens (tertiary/aromatic N) is 5. The van der Waals surface area contributed by atoms with Gasteiger partial charge in [0.05, 0.1) is 9.78 Å². The molecule has 102 valence electrons. The van der Waals surface area contributed by atoms with Gasteiger partial charge in [-0.15, -0.1) is 6.42 Å². The average molecular weight is 494 g/mol. The van der Waals surface area contributed by atoms with Crippen LogP contribution in [0.3, 0.4) is 0 Å². The Morgan fingerprint density at radius 1 is 1.50 bits per heavy atom. The van der Waals surface area contributed by atoms with Crippen molar-refractivity contribution in [3.63, 3.8) is 0 Å². The Hall–Kier alpha value is -1.42. The van der Waals surface area contributed by atoms with Crippen LogP contribution in [0.4, 0.5) is 5.95 Å². The zero-order valence-corrected chi connectivity index (χ0v) is 14.3. The van der Waals surface area contributed by atoms with E-state index in [2.05, 4.69) is 71.7 Å². The summed E-state index contributed by atoms with van der Waals surface area (Å²) < 4.78 is 7.53. The van der Waals surface area contributed by atoms with Crippen molar-refractivity contribution in [3.05, 3.63) is 24.8 Å². The monoisotopic (exact) mass is 494 g/mol. The van der Waals surface area contributed by atoms with Gasteiger partial charge in [0.1, 0.15) is 12.4 Å². The molecule has 0 aliphatic carbocycles. The van der Waals surface area contributed by atoms with Crippen LogP contribution in [0.15, 0.2) is 17.2 Å². The Kier molecular flexibility index (Phi) is 5.12. The molecule has 2 N–H and O–H groups in total. The molecule has 0 saturated carbocycles. The summed E-state index contributed by atoms with van der Waals surface area (Å²) in [4.78, 5) is 1.12. The summed E-state index contributed by atoms with van der Waals surface area (Å²) in [5.74, 6) is 3.20. The number of tetrazole rings is 1. The van der Waals surface area contributed by atoms with Gasteiger partial charge < -0.3 is 10.5 Å². The van der Waals surface area contributed by atoms with Crippen molar-refractivity contribution in [2.45, 2.75) is 0 Å². The molecule has 0 spiro atoms. The van der Waals surface area contributed by atoms with E-state index >= 15 is 0 Å². The summed E-state index contributed by atoms with van der Waals surface area (Å²) >= 11 is 4.39. The quantitative estimate of drug-likeness (QED) is 0.394. The average Bonchev–Trinajstić information content (AvgIpc) is 2.80. The molecular weight excluding hydrogens is 486 g/mol. The first-order valence-corrected chi connectivity index (χ1v) is 7.41. The van der Waals surface area contributed by atoms with Crippen molar-refractivity contribution in [2.24, 2.45) is 5.10 Å². The van der Waals surface area contributed by atoms with Crippen LogP contribution in [0.25, 0.3) is 0 Å². The molecule has 0 aliphatic heterocycles. The molecule has 0 saturated heterocycles. The molecule has 1 aromatic heterocycles. The number of benzene rings is 1. The molecule has 0 amide bonds. The number of nitrogens with two attached hydrogens (primary N) is 1. The van der Waals surface area contributed by atoms with E-state index in [-0.39, 0.29) is 12.6 Å². The van der Waals surface area contributed by atoms with E-state index in [1.54, 1.807) is 6.21 Å². The molecule has 1 aromatic carbocycles. The molecule has 0 unspecified atom stereocenters. The van der Waals surface area contributed by atoms with E-state index in [1.165, 1.54) is 0 Å². The lowest BCUT2D eigenvalue weighted by Crippen LogP contribution is -2.03. The lowest BCUT2D eigenvalue weighted by molar-refractivity contribution is 0.367. The van der Waals surface area contributed by atoms with E-state index in [1.807, 2.05) is 12.1 Å². The molecule has 0 fully saturated rings. The number of nitrogen functional groups attached to an aromatic ring is 1. The highest BCUT2D eigenvalue weighted by Gasteiger charge is 2.09. The Balaban J connectivity index is 2.37. The normalized spacial score (nSPS) is 10.7. The fourth-order valence-electron chi connectivity index (χ4n) is 1.33. The van der Waals surface area contributed by atoms with Gasteiger partial charge in [0, 0.05) is 9.13 Å². The summed E-state index contributed by atoms with van der Waals surface area (Å²) in [6.07, 6.45) is 6.79. The largest absolute Gasteiger partial charge is 0.479 e. The topological polar surface area (TPSA) is 91.2 Å². The van der Waals surface area contributed by atoms with E-state index in [0.717, 1.165) is 17.5 Å². The smallest absolute Gasteiger partial charge is 0.263 e. The standard InChI is InChI=1S/C11H8I2N6O/c1-2-3-20-10-7(4-8(12)5-9(10)13)6-15-19-11(14)16-17-18-19/h1,4-6H,3H2,(H2,14,16,18)/b15-6+. The van der Waals surface area contributed by atoms with Crippen molar-refractivity contribution < 1.29 is 4.74 Å². The maximum Gasteiger partial charge on any atom is 0.263 e. The van der Waals surface area contributed by atoms with Crippen LogP contribution in [-0.4, -0.2) is 33.1 Å². The Bertz CT molecular complexity index is 691. The number of rotatable bonds is 4. The van der Waals surface area contributed by atoms with Crippen LogP contribution in [-0.2, 0) is 0 Å². The van der Waals surface area contributed by atoms with Crippen LogP contribution in [0.1, 0.15) is 5.56 Å². The first-order chi connectivity index (χ1) is 9.61. The molecule has 2 aromatic rings. The van der Waals surface area contributed by atoms with Crippen LogP contribution in [0.5, 0.6) is 5.75 Å². The summed E-state index contributed by atoms with van der Waals surface area (Å²) in [5.41, 5.74) is 6.30. The summed E-state index contributed by atoms with van der Waals surface area (Å²) in [6, 6.07) is 3.90. The van der Waals surface area contributed by atoms with Gasteiger partial charge >= 0.3 is 0 Å². The van der Waals surface area contributed by atoms with Gasteiger partial charge in [0.2, 0.25) is 0 Å². The second kappa shape index (κ2) is 6.84. The summed E-state index contributed by atoms with van der Waals surface area (Å²) in [7, 11) is 0. The van der Waals surface area contributed by atoms with E-state index < -0.39 is 0 Å². The molecule has 1 heterocycles. The van der Waals surface area contributed by atoms with Gasteiger partial charge in [-0.3, -0.25) is 0 Å². The third-order valence-corrected chi connectivity index (χ3v) is 3.54.